The second-order valence-electron chi connectivity index (χ2n) is 9.56. The van der Waals surface area contributed by atoms with Crippen molar-refractivity contribution >= 4 is 11.6 Å². The smallest absolute Gasteiger partial charge is 0.180 e. The van der Waals surface area contributed by atoms with Gasteiger partial charge in [0.15, 0.2) is 5.82 Å². The van der Waals surface area contributed by atoms with E-state index < -0.39 is 0 Å². The molecule has 36 heavy (non-hydrogen) atoms. The molecule has 8 nitrogen and oxygen atoms in total. The summed E-state index contributed by atoms with van der Waals surface area (Å²) in [6.07, 6.45) is 7.42. The first-order valence-corrected chi connectivity index (χ1v) is 12.5. The Morgan fingerprint density at radius 2 is 1.56 bits per heavy atom. The Morgan fingerprint density at radius 1 is 0.833 bits per heavy atom. The molecule has 1 aromatic carbocycles. The molecule has 2 bridgehead atoms. The van der Waals surface area contributed by atoms with Gasteiger partial charge in [0.25, 0.3) is 0 Å². The lowest BCUT2D eigenvalue weighted by Crippen LogP contribution is -2.41. The van der Waals surface area contributed by atoms with Gasteiger partial charge in [0.1, 0.15) is 23.2 Å². The fourth-order valence-corrected chi connectivity index (χ4v) is 4.94. The Kier molecular flexibility index (Phi) is 6.36. The van der Waals surface area contributed by atoms with Crippen molar-refractivity contribution in [3.05, 3.63) is 89.6 Å². The predicted molar refractivity (Wildman–Crippen MR) is 138 cm³/mol. The molecule has 0 amide bonds. The normalized spacial score (nSPS) is 19.4. The Morgan fingerprint density at radius 3 is 2.33 bits per heavy atom. The van der Waals surface area contributed by atoms with E-state index in [9.17, 15) is 0 Å². The molecule has 2 fully saturated rings. The van der Waals surface area contributed by atoms with Crippen molar-refractivity contribution in [1.82, 2.24) is 29.8 Å². The van der Waals surface area contributed by atoms with Gasteiger partial charge < -0.3 is 10.1 Å². The first-order valence-electron chi connectivity index (χ1n) is 12.5. The number of hydrogen-bond donors (Lipinski definition) is 1. The van der Waals surface area contributed by atoms with Gasteiger partial charge in [-0.25, -0.2) is 24.9 Å². The van der Waals surface area contributed by atoms with Crippen LogP contribution in [0.15, 0.2) is 67.0 Å². The highest BCUT2D eigenvalue weighted by Crippen LogP contribution is 2.27. The van der Waals surface area contributed by atoms with Gasteiger partial charge in [-0.1, -0.05) is 30.3 Å². The summed E-state index contributed by atoms with van der Waals surface area (Å²) in [7, 11) is 0. The van der Waals surface area contributed by atoms with Crippen molar-refractivity contribution in [2.45, 2.75) is 44.9 Å². The number of pyridine rings is 1. The third-order valence-corrected chi connectivity index (χ3v) is 6.65. The van der Waals surface area contributed by atoms with Crippen LogP contribution >= 0.6 is 0 Å². The van der Waals surface area contributed by atoms with Crippen LogP contribution < -0.4 is 5.32 Å². The minimum Gasteiger partial charge on any atom is -0.372 e. The number of aromatic nitrogens is 5. The van der Waals surface area contributed by atoms with Gasteiger partial charge in [-0.2, -0.15) is 0 Å². The second kappa shape index (κ2) is 10.1. The quantitative estimate of drug-likeness (QED) is 0.419. The number of anilines is 2. The van der Waals surface area contributed by atoms with Crippen molar-refractivity contribution < 1.29 is 4.74 Å². The largest absolute Gasteiger partial charge is 0.372 e. The third-order valence-electron chi connectivity index (χ3n) is 6.65. The second-order valence-corrected chi connectivity index (χ2v) is 9.56. The summed E-state index contributed by atoms with van der Waals surface area (Å²) in [6.45, 7) is 5.02. The molecule has 2 atom stereocenters. The van der Waals surface area contributed by atoms with E-state index in [-0.39, 0.29) is 0 Å². The summed E-state index contributed by atoms with van der Waals surface area (Å²) in [5, 5.41) is 3.28. The number of ether oxygens (including phenoxy) is 1. The zero-order valence-electron chi connectivity index (χ0n) is 20.3. The SMILES string of the molecule is Cc1cccc(-c2nccc(Nc3ccnc(Cc4ccc(CN5CC6CCC(C5)O6)cc4)n3)n2)n1. The standard InChI is InChI=1S/C28H29N7O/c1-19-3-2-4-24(31-19)28-30-14-12-26(34-28)32-25-11-13-29-27(33-25)15-20-5-7-21(8-6-20)16-35-17-22-9-10-23(18-35)36-22/h2-8,11-14,22-23H,9-10,15-18H2,1H3,(H,29,30,32,33,34). The van der Waals surface area contributed by atoms with Crippen LogP contribution in [0.3, 0.4) is 0 Å². The van der Waals surface area contributed by atoms with Crippen LogP contribution in [0.25, 0.3) is 11.5 Å². The molecule has 182 valence electrons. The lowest BCUT2D eigenvalue weighted by Gasteiger charge is -2.32. The van der Waals surface area contributed by atoms with Crippen LogP contribution in [0.4, 0.5) is 11.6 Å². The zero-order valence-corrected chi connectivity index (χ0v) is 20.3. The lowest BCUT2D eigenvalue weighted by molar-refractivity contribution is -0.0410. The molecule has 2 aliphatic heterocycles. The number of morpholine rings is 1. The molecular weight excluding hydrogens is 450 g/mol. The number of nitrogens with zero attached hydrogens (tertiary/aromatic N) is 6. The zero-order chi connectivity index (χ0) is 24.3. The fourth-order valence-electron chi connectivity index (χ4n) is 4.94. The van der Waals surface area contributed by atoms with Gasteiger partial charge in [-0.15, -0.1) is 0 Å². The minimum atomic E-state index is 0.425. The number of aryl methyl sites for hydroxylation is 1. The van der Waals surface area contributed by atoms with Crippen LogP contribution in [-0.4, -0.2) is 55.1 Å². The summed E-state index contributed by atoms with van der Waals surface area (Å²) in [6, 6.07) is 18.3. The molecule has 3 aromatic heterocycles. The monoisotopic (exact) mass is 479 g/mol. The number of benzene rings is 1. The van der Waals surface area contributed by atoms with Gasteiger partial charge in [0.05, 0.1) is 12.2 Å². The van der Waals surface area contributed by atoms with Gasteiger partial charge in [0, 0.05) is 44.1 Å². The van der Waals surface area contributed by atoms with Crippen LogP contribution in [0.1, 0.15) is 35.5 Å². The van der Waals surface area contributed by atoms with Crippen LogP contribution in [0, 0.1) is 6.92 Å². The molecule has 1 N–H and O–H groups in total. The Bertz CT molecular complexity index is 1330. The Balaban J connectivity index is 1.09. The highest BCUT2D eigenvalue weighted by molar-refractivity contribution is 5.56. The number of nitrogens with one attached hydrogen (secondary N) is 1. The fraction of sp³-hybridized carbons (Fsp3) is 0.321. The average Bonchev–Trinajstić information content (AvgIpc) is 3.23. The van der Waals surface area contributed by atoms with Crippen molar-refractivity contribution in [1.29, 1.82) is 0 Å². The first kappa shape index (κ1) is 22.7. The molecular formula is C28H29N7O. The molecule has 0 radical (unpaired) electrons. The average molecular weight is 480 g/mol. The Hall–Kier alpha value is -3.75. The summed E-state index contributed by atoms with van der Waals surface area (Å²) < 4.78 is 5.96. The third kappa shape index (κ3) is 5.40. The van der Waals surface area contributed by atoms with Crippen molar-refractivity contribution in [2.24, 2.45) is 0 Å². The molecule has 2 saturated heterocycles. The van der Waals surface area contributed by atoms with Crippen molar-refractivity contribution in [3.63, 3.8) is 0 Å². The van der Waals surface area contributed by atoms with Crippen LogP contribution in [-0.2, 0) is 17.7 Å². The lowest BCUT2D eigenvalue weighted by atomic mass is 10.1. The highest BCUT2D eigenvalue weighted by atomic mass is 16.5. The van der Waals surface area contributed by atoms with Gasteiger partial charge in [-0.3, -0.25) is 4.90 Å². The van der Waals surface area contributed by atoms with Gasteiger partial charge >= 0.3 is 0 Å². The molecule has 8 heteroatoms. The van der Waals surface area contributed by atoms with Gasteiger partial charge in [-0.05, 0) is 55.2 Å². The van der Waals surface area contributed by atoms with E-state index in [1.807, 2.05) is 37.3 Å². The molecule has 2 unspecified atom stereocenters. The van der Waals surface area contributed by atoms with E-state index in [1.54, 1.807) is 12.4 Å². The highest BCUT2D eigenvalue weighted by Gasteiger charge is 2.33. The number of rotatable bonds is 7. The molecule has 2 aliphatic rings. The number of likely N-dealkylation sites (tertiary alicyclic amines) is 1. The van der Waals surface area contributed by atoms with E-state index >= 15 is 0 Å². The van der Waals surface area contributed by atoms with Crippen molar-refractivity contribution in [3.8, 4) is 11.5 Å². The van der Waals surface area contributed by atoms with E-state index in [0.29, 0.717) is 36.1 Å². The number of fused-ring (bicyclic) bond motifs is 2. The molecule has 4 aromatic rings. The maximum absolute atomic E-state index is 5.96. The van der Waals surface area contributed by atoms with Crippen LogP contribution in [0.5, 0.6) is 0 Å². The van der Waals surface area contributed by atoms with Gasteiger partial charge in [0.2, 0.25) is 0 Å². The molecule has 6 rings (SSSR count). The molecule has 5 heterocycles. The molecule has 0 spiro atoms. The van der Waals surface area contributed by atoms with Crippen molar-refractivity contribution in [2.75, 3.05) is 18.4 Å². The maximum atomic E-state index is 5.96. The summed E-state index contributed by atoms with van der Waals surface area (Å²) in [4.78, 5) is 25.2. The Labute approximate surface area is 210 Å². The summed E-state index contributed by atoms with van der Waals surface area (Å²) in [5.41, 5.74) is 4.19. The summed E-state index contributed by atoms with van der Waals surface area (Å²) >= 11 is 0. The predicted octanol–water partition coefficient (Wildman–Crippen LogP) is 4.33. The molecule has 0 aliphatic carbocycles. The first-order chi connectivity index (χ1) is 17.7. The van der Waals surface area contributed by atoms with E-state index in [2.05, 4.69) is 54.4 Å². The van der Waals surface area contributed by atoms with E-state index in [1.165, 1.54) is 24.0 Å². The van der Waals surface area contributed by atoms with Crippen LogP contribution in [0.2, 0.25) is 0 Å². The summed E-state index contributed by atoms with van der Waals surface area (Å²) in [5.74, 6) is 2.68. The van der Waals surface area contributed by atoms with E-state index in [0.717, 1.165) is 36.8 Å². The minimum absolute atomic E-state index is 0.425. The maximum Gasteiger partial charge on any atom is 0.180 e. The number of hydrogen-bond acceptors (Lipinski definition) is 8. The van der Waals surface area contributed by atoms with E-state index in [4.69, 9.17) is 9.72 Å². The topological polar surface area (TPSA) is 89.0 Å². The molecule has 0 saturated carbocycles.